The smallest absolute Gasteiger partial charge is 0.236 e. The lowest BCUT2D eigenvalue weighted by atomic mass is 9.93. The largest absolute Gasteiger partial charge is 0.342 e. The number of nitrogens with zero attached hydrogens (tertiary/aromatic N) is 5. The van der Waals surface area contributed by atoms with E-state index in [1.807, 2.05) is 43.1 Å². The third kappa shape index (κ3) is 4.02. The van der Waals surface area contributed by atoms with Gasteiger partial charge in [-0.15, -0.1) is 11.3 Å². The first-order chi connectivity index (χ1) is 13.5. The van der Waals surface area contributed by atoms with Gasteiger partial charge < -0.3 is 19.5 Å². The molecule has 0 bridgehead atoms. The van der Waals surface area contributed by atoms with E-state index in [-0.39, 0.29) is 5.91 Å². The highest BCUT2D eigenvalue weighted by molar-refractivity contribution is 7.15. The molecule has 0 radical (unpaired) electrons. The Bertz CT molecular complexity index is 970. The number of likely N-dealkylation sites (N-methyl/N-ethyl adjacent to an activating group) is 1. The molecular formula is C20H26N6OS. The minimum Gasteiger partial charge on any atom is -0.342 e. The summed E-state index contributed by atoms with van der Waals surface area (Å²) in [5, 5.41) is 4.24. The van der Waals surface area contributed by atoms with E-state index in [0.717, 1.165) is 48.1 Å². The number of hydrogen-bond acceptors (Lipinski definition) is 6. The van der Waals surface area contributed by atoms with Crippen molar-refractivity contribution in [2.45, 2.75) is 25.7 Å². The van der Waals surface area contributed by atoms with E-state index in [0.29, 0.717) is 12.5 Å². The average Bonchev–Trinajstić information content (AvgIpc) is 3.30. The molecule has 0 atom stereocenters. The zero-order valence-corrected chi connectivity index (χ0v) is 17.4. The molecule has 1 N–H and O–H groups in total. The Morgan fingerprint density at radius 1 is 1.36 bits per heavy atom. The summed E-state index contributed by atoms with van der Waals surface area (Å²) in [5.41, 5.74) is 2.11. The van der Waals surface area contributed by atoms with Gasteiger partial charge in [0.15, 0.2) is 10.9 Å². The second-order valence-electron chi connectivity index (χ2n) is 7.61. The molecule has 4 heterocycles. The fraction of sp³-hybridized carbons (Fsp3) is 0.450. The van der Waals surface area contributed by atoms with Crippen LogP contribution in [0.1, 0.15) is 29.3 Å². The number of hydrogen-bond donors (Lipinski definition) is 1. The number of fused-ring (bicyclic) bond motifs is 1. The first kappa shape index (κ1) is 18.9. The average molecular weight is 399 g/mol. The molecule has 1 fully saturated rings. The minimum absolute atomic E-state index is 0.207. The van der Waals surface area contributed by atoms with Gasteiger partial charge >= 0.3 is 0 Å². The Kier molecular flexibility index (Phi) is 5.32. The molecular weight excluding hydrogens is 372 g/mol. The van der Waals surface area contributed by atoms with Crippen molar-refractivity contribution in [3.63, 3.8) is 0 Å². The number of carbonyl (C=O) groups excluding carboxylic acids is 1. The SMILES string of the molecule is Cc1cnc(Nc2nc(C3CCN(C(=O)CN(C)C)CC3)cn3cccc23)s1. The molecule has 1 saturated heterocycles. The van der Waals surface area contributed by atoms with Crippen molar-refractivity contribution in [1.82, 2.24) is 24.2 Å². The molecule has 0 aliphatic carbocycles. The summed E-state index contributed by atoms with van der Waals surface area (Å²) in [7, 11) is 3.86. The molecule has 1 amide bonds. The number of anilines is 2. The highest BCUT2D eigenvalue weighted by Gasteiger charge is 2.25. The number of thiazole rings is 1. The summed E-state index contributed by atoms with van der Waals surface area (Å²) in [6.45, 7) is 4.10. The summed E-state index contributed by atoms with van der Waals surface area (Å²) in [5.74, 6) is 1.40. The Morgan fingerprint density at radius 3 is 2.82 bits per heavy atom. The van der Waals surface area contributed by atoms with E-state index < -0.39 is 0 Å². The van der Waals surface area contributed by atoms with E-state index in [9.17, 15) is 4.79 Å². The molecule has 8 heteroatoms. The van der Waals surface area contributed by atoms with Crippen molar-refractivity contribution >= 4 is 33.7 Å². The van der Waals surface area contributed by atoms with Crippen LogP contribution in [0.15, 0.2) is 30.7 Å². The highest BCUT2D eigenvalue weighted by Crippen LogP contribution is 2.30. The third-order valence-corrected chi connectivity index (χ3v) is 5.93. The third-order valence-electron chi connectivity index (χ3n) is 5.10. The number of rotatable bonds is 5. The van der Waals surface area contributed by atoms with Gasteiger partial charge in [0, 0.05) is 42.5 Å². The van der Waals surface area contributed by atoms with Crippen LogP contribution in [-0.2, 0) is 4.79 Å². The van der Waals surface area contributed by atoms with E-state index in [1.54, 1.807) is 11.3 Å². The number of nitrogens with one attached hydrogen (secondary N) is 1. The second-order valence-corrected chi connectivity index (χ2v) is 8.84. The summed E-state index contributed by atoms with van der Waals surface area (Å²) < 4.78 is 2.12. The van der Waals surface area contributed by atoms with Gasteiger partial charge in [0.25, 0.3) is 0 Å². The van der Waals surface area contributed by atoms with Gasteiger partial charge in [0.2, 0.25) is 5.91 Å². The number of amides is 1. The fourth-order valence-corrected chi connectivity index (χ4v) is 4.33. The molecule has 4 rings (SSSR count). The van der Waals surface area contributed by atoms with Gasteiger partial charge in [-0.2, -0.15) is 0 Å². The molecule has 148 valence electrons. The van der Waals surface area contributed by atoms with E-state index in [4.69, 9.17) is 4.98 Å². The molecule has 7 nitrogen and oxygen atoms in total. The van der Waals surface area contributed by atoms with Gasteiger partial charge in [-0.1, -0.05) is 0 Å². The first-order valence-corrected chi connectivity index (χ1v) is 10.4. The fourth-order valence-electron chi connectivity index (χ4n) is 3.66. The Hall–Kier alpha value is -2.45. The maximum Gasteiger partial charge on any atom is 0.236 e. The molecule has 0 aromatic carbocycles. The van der Waals surface area contributed by atoms with Gasteiger partial charge in [0.1, 0.15) is 0 Å². The molecule has 1 aliphatic heterocycles. The maximum atomic E-state index is 12.3. The molecule has 28 heavy (non-hydrogen) atoms. The standard InChI is InChI=1S/C20H26N6OS/c1-14-11-21-20(28-14)23-19-17-5-4-8-26(17)12-16(22-19)15-6-9-25(10-7-15)18(27)13-24(2)3/h4-5,8,11-12,15H,6-7,9-10,13H2,1-3H3,(H,21,22,23). The number of aromatic nitrogens is 3. The van der Waals surface area contributed by atoms with Crippen LogP contribution >= 0.6 is 11.3 Å². The normalized spacial score (nSPS) is 15.5. The number of carbonyl (C=O) groups is 1. The monoisotopic (exact) mass is 398 g/mol. The predicted molar refractivity (Wildman–Crippen MR) is 112 cm³/mol. The van der Waals surface area contributed by atoms with Crippen molar-refractivity contribution in [3.8, 4) is 0 Å². The molecule has 3 aromatic heterocycles. The van der Waals surface area contributed by atoms with Gasteiger partial charge in [-0.25, -0.2) is 9.97 Å². The van der Waals surface area contributed by atoms with Crippen molar-refractivity contribution in [1.29, 1.82) is 0 Å². The lowest BCUT2D eigenvalue weighted by molar-refractivity contribution is -0.132. The van der Waals surface area contributed by atoms with Crippen LogP contribution in [0.3, 0.4) is 0 Å². The van der Waals surface area contributed by atoms with Gasteiger partial charge in [-0.05, 0) is 46.0 Å². The van der Waals surface area contributed by atoms with Crippen molar-refractivity contribution in [2.75, 3.05) is 39.0 Å². The topological polar surface area (TPSA) is 65.8 Å². The number of likely N-dealkylation sites (tertiary alicyclic amines) is 1. The molecule has 0 unspecified atom stereocenters. The van der Waals surface area contributed by atoms with Crippen LogP contribution in [0.25, 0.3) is 5.52 Å². The molecule has 1 aliphatic rings. The molecule has 3 aromatic rings. The highest BCUT2D eigenvalue weighted by atomic mass is 32.1. The van der Waals surface area contributed by atoms with Crippen LogP contribution in [0.5, 0.6) is 0 Å². The van der Waals surface area contributed by atoms with Crippen LogP contribution in [-0.4, -0.2) is 63.8 Å². The lowest BCUT2D eigenvalue weighted by Crippen LogP contribution is -2.42. The predicted octanol–water partition coefficient (Wildman–Crippen LogP) is 3.11. The molecule has 0 saturated carbocycles. The van der Waals surface area contributed by atoms with Crippen molar-refractivity contribution < 1.29 is 4.79 Å². The Balaban J connectivity index is 1.52. The summed E-state index contributed by atoms with van der Waals surface area (Å²) in [6.07, 6.45) is 7.92. The quantitative estimate of drug-likeness (QED) is 0.715. The summed E-state index contributed by atoms with van der Waals surface area (Å²) in [6, 6.07) is 4.09. The van der Waals surface area contributed by atoms with Crippen LogP contribution in [0, 0.1) is 6.92 Å². The summed E-state index contributed by atoms with van der Waals surface area (Å²) >= 11 is 1.62. The van der Waals surface area contributed by atoms with E-state index >= 15 is 0 Å². The van der Waals surface area contributed by atoms with Crippen LogP contribution < -0.4 is 5.32 Å². The maximum absolute atomic E-state index is 12.3. The molecule has 0 spiro atoms. The second kappa shape index (κ2) is 7.89. The number of piperidine rings is 1. The zero-order valence-electron chi connectivity index (χ0n) is 16.6. The van der Waals surface area contributed by atoms with Crippen molar-refractivity contribution in [2.24, 2.45) is 0 Å². The van der Waals surface area contributed by atoms with E-state index in [1.165, 1.54) is 4.88 Å². The Labute approximate surface area is 169 Å². The minimum atomic E-state index is 0.207. The lowest BCUT2D eigenvalue weighted by Gasteiger charge is -2.32. The van der Waals surface area contributed by atoms with Crippen LogP contribution in [0.2, 0.25) is 0 Å². The van der Waals surface area contributed by atoms with Gasteiger partial charge in [-0.3, -0.25) is 4.79 Å². The Morgan fingerprint density at radius 2 is 2.14 bits per heavy atom. The van der Waals surface area contributed by atoms with Crippen LogP contribution in [0.4, 0.5) is 10.9 Å². The zero-order chi connectivity index (χ0) is 19.7. The van der Waals surface area contributed by atoms with Crippen molar-refractivity contribution in [3.05, 3.63) is 41.3 Å². The number of aryl methyl sites for hydroxylation is 1. The van der Waals surface area contributed by atoms with E-state index in [2.05, 4.69) is 33.2 Å². The summed E-state index contributed by atoms with van der Waals surface area (Å²) in [4.78, 5) is 26.7. The van der Waals surface area contributed by atoms with Gasteiger partial charge in [0.05, 0.1) is 17.8 Å². The first-order valence-electron chi connectivity index (χ1n) is 9.59.